The fourth-order valence-electron chi connectivity index (χ4n) is 2.22. The van der Waals surface area contributed by atoms with E-state index >= 15 is 0 Å². The summed E-state index contributed by atoms with van der Waals surface area (Å²) in [5.41, 5.74) is 0.895. The van der Waals surface area contributed by atoms with Crippen LogP contribution < -0.4 is 0 Å². The highest BCUT2D eigenvalue weighted by molar-refractivity contribution is 6.02. The molecular weight excluding hydrogens is 224 g/mol. The van der Waals surface area contributed by atoms with Crippen LogP contribution in [0.3, 0.4) is 0 Å². The summed E-state index contributed by atoms with van der Waals surface area (Å²) in [6.45, 7) is 8.56. The number of hydrogen-bond donors (Lipinski definition) is 0. The van der Waals surface area contributed by atoms with E-state index in [0.717, 1.165) is 24.8 Å². The van der Waals surface area contributed by atoms with E-state index in [9.17, 15) is 9.59 Å². The lowest BCUT2D eigenvalue weighted by atomic mass is 9.96. The number of hydrogen-bond acceptors (Lipinski definition) is 2. The summed E-state index contributed by atoms with van der Waals surface area (Å²) in [5.74, 6) is 1.47. The van der Waals surface area contributed by atoms with E-state index in [4.69, 9.17) is 0 Å². The van der Waals surface area contributed by atoms with Crippen LogP contribution in [0.4, 0.5) is 0 Å². The van der Waals surface area contributed by atoms with Gasteiger partial charge in [-0.05, 0) is 36.7 Å². The number of carbonyl (C=O) groups is 2. The van der Waals surface area contributed by atoms with Crippen molar-refractivity contribution >= 4 is 11.6 Å². The van der Waals surface area contributed by atoms with Crippen LogP contribution in [0.15, 0.2) is 11.6 Å². The predicted octanol–water partition coefficient (Wildman–Crippen LogP) is 3.94. The van der Waals surface area contributed by atoms with E-state index in [1.807, 2.05) is 6.08 Å². The SMILES string of the molecule is CC(C)CCC(=O)C1C=C(CCC(C)C)C(=O)C1. The Balaban J connectivity index is 2.49. The molecule has 18 heavy (non-hydrogen) atoms. The average molecular weight is 250 g/mol. The Morgan fingerprint density at radius 2 is 1.83 bits per heavy atom. The fraction of sp³-hybridized carbons (Fsp3) is 0.750. The molecule has 0 N–H and O–H groups in total. The van der Waals surface area contributed by atoms with Crippen molar-refractivity contribution in [1.82, 2.24) is 0 Å². The maximum atomic E-state index is 12.0. The highest BCUT2D eigenvalue weighted by atomic mass is 16.1. The van der Waals surface area contributed by atoms with Gasteiger partial charge in [0.05, 0.1) is 0 Å². The highest BCUT2D eigenvalue weighted by Crippen LogP contribution is 2.27. The molecule has 0 spiro atoms. The van der Waals surface area contributed by atoms with Gasteiger partial charge in [0.25, 0.3) is 0 Å². The molecule has 1 aliphatic rings. The maximum absolute atomic E-state index is 12.0. The van der Waals surface area contributed by atoms with Crippen LogP contribution in [0.25, 0.3) is 0 Å². The molecule has 0 amide bonds. The third kappa shape index (κ3) is 4.75. The Hall–Kier alpha value is -0.920. The van der Waals surface area contributed by atoms with Gasteiger partial charge >= 0.3 is 0 Å². The van der Waals surface area contributed by atoms with Gasteiger partial charge in [-0.15, -0.1) is 0 Å². The summed E-state index contributed by atoms with van der Waals surface area (Å²) in [4.78, 5) is 23.8. The van der Waals surface area contributed by atoms with Crippen LogP contribution in [-0.2, 0) is 9.59 Å². The maximum Gasteiger partial charge on any atom is 0.159 e. The van der Waals surface area contributed by atoms with E-state index in [-0.39, 0.29) is 17.5 Å². The first-order valence-corrected chi connectivity index (χ1v) is 7.16. The summed E-state index contributed by atoms with van der Waals surface area (Å²) < 4.78 is 0. The monoisotopic (exact) mass is 250 g/mol. The third-order valence-corrected chi connectivity index (χ3v) is 3.54. The average Bonchev–Trinajstić information content (AvgIpc) is 2.65. The van der Waals surface area contributed by atoms with Crippen molar-refractivity contribution in [3.05, 3.63) is 11.6 Å². The smallest absolute Gasteiger partial charge is 0.159 e. The molecule has 0 heterocycles. The molecule has 0 aromatic carbocycles. The summed E-state index contributed by atoms with van der Waals surface area (Å²) in [5, 5.41) is 0. The largest absolute Gasteiger partial charge is 0.299 e. The van der Waals surface area contributed by atoms with E-state index in [1.165, 1.54) is 0 Å². The van der Waals surface area contributed by atoms with Crippen LogP contribution >= 0.6 is 0 Å². The van der Waals surface area contributed by atoms with Crippen LogP contribution in [0.5, 0.6) is 0 Å². The molecule has 0 radical (unpaired) electrons. The molecule has 102 valence electrons. The summed E-state index contributed by atoms with van der Waals surface area (Å²) in [6.07, 6.45) is 5.77. The molecule has 1 rings (SSSR count). The predicted molar refractivity (Wildman–Crippen MR) is 74.3 cm³/mol. The van der Waals surface area contributed by atoms with Crippen LogP contribution in [0, 0.1) is 17.8 Å². The molecule has 0 aromatic rings. The molecule has 0 saturated heterocycles. The van der Waals surface area contributed by atoms with Gasteiger partial charge in [0, 0.05) is 18.8 Å². The first-order chi connectivity index (χ1) is 8.40. The van der Waals surface area contributed by atoms with Gasteiger partial charge in [-0.2, -0.15) is 0 Å². The fourth-order valence-corrected chi connectivity index (χ4v) is 2.22. The molecule has 1 aliphatic carbocycles. The second kappa shape index (κ2) is 6.86. The van der Waals surface area contributed by atoms with E-state index in [1.54, 1.807) is 0 Å². The normalized spacial score (nSPS) is 19.8. The zero-order chi connectivity index (χ0) is 13.7. The van der Waals surface area contributed by atoms with Gasteiger partial charge in [0.2, 0.25) is 0 Å². The molecule has 0 aliphatic heterocycles. The number of Topliss-reactive ketones (excluding diaryl/α,β-unsaturated/α-hetero) is 2. The van der Waals surface area contributed by atoms with Crippen LogP contribution in [0.2, 0.25) is 0 Å². The molecule has 2 heteroatoms. The minimum absolute atomic E-state index is 0.126. The Kier molecular flexibility index (Phi) is 5.77. The van der Waals surface area contributed by atoms with Crippen molar-refractivity contribution in [2.24, 2.45) is 17.8 Å². The minimum atomic E-state index is -0.126. The van der Waals surface area contributed by atoms with Gasteiger partial charge in [0.15, 0.2) is 5.78 Å². The van der Waals surface area contributed by atoms with Crippen molar-refractivity contribution in [3.63, 3.8) is 0 Å². The number of ketones is 2. The Labute approximate surface area is 111 Å². The van der Waals surface area contributed by atoms with Gasteiger partial charge in [0.1, 0.15) is 5.78 Å². The van der Waals surface area contributed by atoms with Gasteiger partial charge in [-0.25, -0.2) is 0 Å². The summed E-state index contributed by atoms with van der Waals surface area (Å²) >= 11 is 0. The lowest BCUT2D eigenvalue weighted by Crippen LogP contribution is -2.12. The number of carbonyl (C=O) groups excluding carboxylic acids is 2. The zero-order valence-corrected chi connectivity index (χ0v) is 12.2. The Morgan fingerprint density at radius 3 is 2.39 bits per heavy atom. The number of allylic oxidation sites excluding steroid dienone is 2. The van der Waals surface area contributed by atoms with E-state index < -0.39 is 0 Å². The standard InChI is InChI=1S/C16H26O2/c1-11(2)5-7-13-9-14(10-16(13)18)15(17)8-6-12(3)4/h9,11-12,14H,5-8,10H2,1-4H3. The van der Waals surface area contributed by atoms with Gasteiger partial charge < -0.3 is 0 Å². The second-order valence-electron chi connectivity index (χ2n) is 6.26. The molecule has 0 fully saturated rings. The molecule has 1 unspecified atom stereocenters. The lowest BCUT2D eigenvalue weighted by molar-refractivity contribution is -0.124. The number of rotatable bonds is 7. The molecule has 0 bridgehead atoms. The van der Waals surface area contributed by atoms with Crippen molar-refractivity contribution in [2.45, 2.75) is 59.8 Å². The van der Waals surface area contributed by atoms with Crippen LogP contribution in [-0.4, -0.2) is 11.6 Å². The third-order valence-electron chi connectivity index (χ3n) is 3.54. The van der Waals surface area contributed by atoms with Crippen molar-refractivity contribution in [1.29, 1.82) is 0 Å². The first kappa shape index (κ1) is 15.1. The zero-order valence-electron chi connectivity index (χ0n) is 12.2. The Morgan fingerprint density at radius 1 is 1.22 bits per heavy atom. The molecule has 0 aromatic heterocycles. The molecule has 0 saturated carbocycles. The quantitative estimate of drug-likeness (QED) is 0.685. The first-order valence-electron chi connectivity index (χ1n) is 7.16. The van der Waals surface area contributed by atoms with Gasteiger partial charge in [-0.3, -0.25) is 9.59 Å². The second-order valence-corrected chi connectivity index (χ2v) is 6.26. The molecular formula is C16H26O2. The van der Waals surface area contributed by atoms with E-state index in [0.29, 0.717) is 24.7 Å². The molecule has 1 atom stereocenters. The molecule has 2 nitrogen and oxygen atoms in total. The summed E-state index contributed by atoms with van der Waals surface area (Å²) in [6, 6.07) is 0. The van der Waals surface area contributed by atoms with Crippen molar-refractivity contribution in [2.75, 3.05) is 0 Å². The van der Waals surface area contributed by atoms with Crippen molar-refractivity contribution in [3.8, 4) is 0 Å². The minimum Gasteiger partial charge on any atom is -0.299 e. The van der Waals surface area contributed by atoms with Crippen LogP contribution in [0.1, 0.15) is 59.8 Å². The lowest BCUT2D eigenvalue weighted by Gasteiger charge is -2.07. The highest BCUT2D eigenvalue weighted by Gasteiger charge is 2.28. The summed E-state index contributed by atoms with van der Waals surface area (Å²) in [7, 11) is 0. The van der Waals surface area contributed by atoms with Gasteiger partial charge in [-0.1, -0.05) is 33.8 Å². The topological polar surface area (TPSA) is 34.1 Å². The van der Waals surface area contributed by atoms with Crippen molar-refractivity contribution < 1.29 is 9.59 Å². The Bertz CT molecular complexity index is 337. The van der Waals surface area contributed by atoms with E-state index in [2.05, 4.69) is 27.7 Å².